The van der Waals surface area contributed by atoms with Gasteiger partial charge in [-0.1, -0.05) is 29.2 Å². The second-order valence-electron chi connectivity index (χ2n) is 5.24. The lowest BCUT2D eigenvalue weighted by molar-refractivity contribution is 0.129. The average molecular weight is 321 g/mol. The summed E-state index contributed by atoms with van der Waals surface area (Å²) in [4.78, 5) is 0. The average Bonchev–Trinajstić information content (AvgIpc) is 3.12. The van der Waals surface area contributed by atoms with Crippen LogP contribution < -0.4 is 5.32 Å². The van der Waals surface area contributed by atoms with Crippen LogP contribution in [0.5, 0.6) is 0 Å². The van der Waals surface area contributed by atoms with Crippen LogP contribution in [0.15, 0.2) is 22.5 Å². The summed E-state index contributed by atoms with van der Waals surface area (Å²) < 4.78 is 6.62. The lowest BCUT2D eigenvalue weighted by Crippen LogP contribution is -2.07. The summed E-state index contributed by atoms with van der Waals surface area (Å²) in [5.41, 5.74) is 3.63. The molecule has 0 aliphatic carbocycles. The molecule has 1 saturated heterocycles. The fraction of sp³-hybridized carbons (Fsp3) is 0.467. The Morgan fingerprint density at radius 3 is 3.00 bits per heavy atom. The third-order valence-electron chi connectivity index (χ3n) is 3.58. The zero-order valence-corrected chi connectivity index (χ0v) is 13.9. The molecule has 4 nitrogen and oxygen atoms in total. The molecule has 6 heteroatoms. The molecule has 1 N–H and O–H groups in total. The molecule has 0 saturated carbocycles. The van der Waals surface area contributed by atoms with E-state index in [1.54, 1.807) is 23.1 Å². The van der Waals surface area contributed by atoms with Crippen LogP contribution >= 0.6 is 23.1 Å². The molecule has 1 fully saturated rings. The van der Waals surface area contributed by atoms with Crippen molar-refractivity contribution in [2.45, 2.75) is 37.1 Å². The van der Waals surface area contributed by atoms with E-state index in [1.807, 2.05) is 0 Å². The van der Waals surface area contributed by atoms with Gasteiger partial charge in [0.2, 0.25) is 5.13 Å². The van der Waals surface area contributed by atoms with Gasteiger partial charge in [-0.2, -0.15) is 0 Å². The molecule has 21 heavy (non-hydrogen) atoms. The van der Waals surface area contributed by atoms with Crippen LogP contribution in [-0.2, 0) is 4.74 Å². The van der Waals surface area contributed by atoms with Gasteiger partial charge in [0.25, 0.3) is 0 Å². The van der Waals surface area contributed by atoms with E-state index in [0.717, 1.165) is 27.5 Å². The molecule has 2 aromatic rings. The standard InChI is InChI=1S/C15H19N3OS2/c1-10-5-6-12(8-11(10)2)16-14-17-18-15(21-14)20-9-13-4-3-7-19-13/h5-6,8,13H,3-4,7,9H2,1-2H3,(H,16,17). The first-order valence-electron chi connectivity index (χ1n) is 7.13. The van der Waals surface area contributed by atoms with Crippen LogP contribution in [0.4, 0.5) is 10.8 Å². The SMILES string of the molecule is Cc1ccc(Nc2nnc(SCC3CCCO3)s2)cc1C. The van der Waals surface area contributed by atoms with Crippen LogP contribution in [0.1, 0.15) is 24.0 Å². The van der Waals surface area contributed by atoms with Gasteiger partial charge in [-0.15, -0.1) is 10.2 Å². The number of nitrogens with one attached hydrogen (secondary N) is 1. The van der Waals surface area contributed by atoms with Gasteiger partial charge in [0.1, 0.15) is 0 Å². The Kier molecular flexibility index (Phi) is 4.77. The third-order valence-corrected chi connectivity index (χ3v) is 5.69. The van der Waals surface area contributed by atoms with Crippen LogP contribution in [0.2, 0.25) is 0 Å². The Balaban J connectivity index is 1.57. The minimum Gasteiger partial charge on any atom is -0.377 e. The van der Waals surface area contributed by atoms with Gasteiger partial charge in [0, 0.05) is 18.0 Å². The van der Waals surface area contributed by atoms with Gasteiger partial charge in [-0.25, -0.2) is 0 Å². The maximum absolute atomic E-state index is 5.62. The molecule has 0 bridgehead atoms. The van der Waals surface area contributed by atoms with E-state index in [2.05, 4.69) is 47.6 Å². The van der Waals surface area contributed by atoms with E-state index in [0.29, 0.717) is 6.10 Å². The minimum atomic E-state index is 0.384. The van der Waals surface area contributed by atoms with Crippen molar-refractivity contribution in [3.05, 3.63) is 29.3 Å². The molecule has 1 unspecified atom stereocenters. The summed E-state index contributed by atoms with van der Waals surface area (Å²) in [7, 11) is 0. The Hall–Kier alpha value is -1.11. The summed E-state index contributed by atoms with van der Waals surface area (Å²) in [5, 5.41) is 12.6. The van der Waals surface area contributed by atoms with E-state index in [9.17, 15) is 0 Å². The fourth-order valence-electron chi connectivity index (χ4n) is 2.20. The molecule has 1 atom stereocenters. The van der Waals surface area contributed by atoms with Crippen molar-refractivity contribution >= 4 is 33.9 Å². The second-order valence-corrected chi connectivity index (χ2v) is 7.49. The summed E-state index contributed by atoms with van der Waals surface area (Å²) in [6.07, 6.45) is 2.73. The lowest BCUT2D eigenvalue weighted by atomic mass is 10.1. The Labute approximate surface area is 133 Å². The van der Waals surface area contributed by atoms with Crippen molar-refractivity contribution in [1.29, 1.82) is 0 Å². The van der Waals surface area contributed by atoms with Crippen molar-refractivity contribution in [3.8, 4) is 0 Å². The molecule has 3 rings (SSSR count). The number of rotatable bonds is 5. The molecular formula is C15H19N3OS2. The van der Waals surface area contributed by atoms with Crippen molar-refractivity contribution in [1.82, 2.24) is 10.2 Å². The molecule has 1 aromatic heterocycles. The van der Waals surface area contributed by atoms with Crippen molar-refractivity contribution < 1.29 is 4.74 Å². The van der Waals surface area contributed by atoms with Crippen LogP contribution in [0, 0.1) is 13.8 Å². The van der Waals surface area contributed by atoms with Gasteiger partial charge >= 0.3 is 0 Å². The number of ether oxygens (including phenoxy) is 1. The molecular weight excluding hydrogens is 302 g/mol. The number of aryl methyl sites for hydroxylation is 2. The van der Waals surface area contributed by atoms with Gasteiger partial charge in [0.05, 0.1) is 6.10 Å². The minimum absolute atomic E-state index is 0.384. The van der Waals surface area contributed by atoms with Crippen LogP contribution in [-0.4, -0.2) is 28.7 Å². The maximum Gasteiger partial charge on any atom is 0.210 e. The topological polar surface area (TPSA) is 47.0 Å². The monoisotopic (exact) mass is 321 g/mol. The van der Waals surface area contributed by atoms with Crippen LogP contribution in [0.3, 0.4) is 0 Å². The van der Waals surface area contributed by atoms with Crippen molar-refractivity contribution in [2.75, 3.05) is 17.7 Å². The smallest absolute Gasteiger partial charge is 0.210 e. The molecule has 0 spiro atoms. The van der Waals surface area contributed by atoms with Crippen LogP contribution in [0.25, 0.3) is 0 Å². The van der Waals surface area contributed by atoms with Gasteiger partial charge < -0.3 is 10.1 Å². The fourth-order valence-corrected chi connectivity index (χ4v) is 4.07. The number of hydrogen-bond acceptors (Lipinski definition) is 6. The van der Waals surface area contributed by atoms with Crippen molar-refractivity contribution in [2.24, 2.45) is 0 Å². The molecule has 0 radical (unpaired) electrons. The zero-order chi connectivity index (χ0) is 14.7. The first-order chi connectivity index (χ1) is 10.2. The quantitative estimate of drug-likeness (QED) is 0.838. The predicted octanol–water partition coefficient (Wildman–Crippen LogP) is 4.17. The zero-order valence-electron chi connectivity index (χ0n) is 12.3. The molecule has 1 aromatic carbocycles. The number of anilines is 2. The number of nitrogens with zero attached hydrogens (tertiary/aromatic N) is 2. The molecule has 1 aliphatic heterocycles. The van der Waals surface area contributed by atoms with Gasteiger partial charge in [0.15, 0.2) is 4.34 Å². The van der Waals surface area contributed by atoms with E-state index in [1.165, 1.54) is 24.0 Å². The number of thioether (sulfide) groups is 1. The highest BCUT2D eigenvalue weighted by Gasteiger charge is 2.16. The van der Waals surface area contributed by atoms with E-state index in [4.69, 9.17) is 4.74 Å². The predicted molar refractivity (Wildman–Crippen MR) is 88.8 cm³/mol. The number of benzene rings is 1. The largest absolute Gasteiger partial charge is 0.377 e. The maximum atomic E-state index is 5.62. The highest BCUT2D eigenvalue weighted by Crippen LogP contribution is 2.30. The molecule has 112 valence electrons. The van der Waals surface area contributed by atoms with Gasteiger partial charge in [-0.3, -0.25) is 0 Å². The highest BCUT2D eigenvalue weighted by molar-refractivity contribution is 8.01. The van der Waals surface area contributed by atoms with E-state index in [-0.39, 0.29) is 0 Å². The van der Waals surface area contributed by atoms with E-state index >= 15 is 0 Å². The first kappa shape index (κ1) is 14.8. The Morgan fingerprint density at radius 1 is 1.33 bits per heavy atom. The lowest BCUT2D eigenvalue weighted by Gasteiger charge is -2.06. The number of aromatic nitrogens is 2. The van der Waals surface area contributed by atoms with Gasteiger partial charge in [-0.05, 0) is 49.9 Å². The Morgan fingerprint density at radius 2 is 2.24 bits per heavy atom. The van der Waals surface area contributed by atoms with Crippen molar-refractivity contribution in [3.63, 3.8) is 0 Å². The normalized spacial score (nSPS) is 18.1. The number of hydrogen-bond donors (Lipinski definition) is 1. The van der Waals surface area contributed by atoms with E-state index < -0.39 is 0 Å². The highest BCUT2D eigenvalue weighted by atomic mass is 32.2. The molecule has 1 aliphatic rings. The summed E-state index contributed by atoms with van der Waals surface area (Å²) in [6, 6.07) is 6.32. The summed E-state index contributed by atoms with van der Waals surface area (Å²) in [5.74, 6) is 0.971. The Bertz CT molecular complexity index is 609. The summed E-state index contributed by atoms with van der Waals surface area (Å²) in [6.45, 7) is 5.13. The molecule has 2 heterocycles. The second kappa shape index (κ2) is 6.77. The summed E-state index contributed by atoms with van der Waals surface area (Å²) >= 11 is 3.33. The molecule has 0 amide bonds. The third kappa shape index (κ3) is 3.96. The first-order valence-corrected chi connectivity index (χ1v) is 8.93.